The summed E-state index contributed by atoms with van der Waals surface area (Å²) in [6.45, 7) is 2.18. The highest BCUT2D eigenvalue weighted by Gasteiger charge is 2.32. The summed E-state index contributed by atoms with van der Waals surface area (Å²) in [7, 11) is 4.01. The fraction of sp³-hybridized carbons (Fsp3) is 0.321. The van der Waals surface area contributed by atoms with Crippen LogP contribution in [0.1, 0.15) is 54.0 Å². The molecule has 3 aromatic rings. The molecule has 0 saturated carbocycles. The van der Waals surface area contributed by atoms with E-state index in [2.05, 4.69) is 24.3 Å². The number of anilines is 2. The summed E-state index contributed by atoms with van der Waals surface area (Å²) in [5, 5.41) is 20.2. The molecule has 0 heterocycles. The summed E-state index contributed by atoms with van der Waals surface area (Å²) in [4.78, 5) is 17.8. The third kappa shape index (κ3) is 4.88. The van der Waals surface area contributed by atoms with Crippen molar-refractivity contribution in [3.63, 3.8) is 0 Å². The van der Waals surface area contributed by atoms with Crippen LogP contribution >= 0.6 is 0 Å². The minimum absolute atomic E-state index is 0.0306. The van der Waals surface area contributed by atoms with Crippen LogP contribution in [0.5, 0.6) is 5.75 Å². The van der Waals surface area contributed by atoms with E-state index in [-0.39, 0.29) is 17.6 Å². The van der Waals surface area contributed by atoms with Crippen molar-refractivity contribution < 1.29 is 15.0 Å². The summed E-state index contributed by atoms with van der Waals surface area (Å²) in [6, 6.07) is 21.3. The minimum Gasteiger partial charge on any atom is -0.508 e. The highest BCUT2D eigenvalue weighted by atomic mass is 16.3. The Morgan fingerprint density at radius 2 is 1.67 bits per heavy atom. The second-order valence-electron chi connectivity index (χ2n) is 9.04. The molecular formula is C28H32N2O3. The summed E-state index contributed by atoms with van der Waals surface area (Å²) < 4.78 is 0. The minimum atomic E-state index is -0.560. The van der Waals surface area contributed by atoms with E-state index in [0.29, 0.717) is 6.54 Å². The van der Waals surface area contributed by atoms with E-state index < -0.39 is 6.10 Å². The number of nitrogens with zero attached hydrogens (tertiary/aromatic N) is 2. The molecule has 5 nitrogen and oxygen atoms in total. The van der Waals surface area contributed by atoms with E-state index in [1.165, 1.54) is 0 Å². The lowest BCUT2D eigenvalue weighted by molar-refractivity contribution is -0.120. The van der Waals surface area contributed by atoms with E-state index in [1.807, 2.05) is 60.3 Å². The molecule has 172 valence electrons. The van der Waals surface area contributed by atoms with Gasteiger partial charge in [0.25, 0.3) is 0 Å². The van der Waals surface area contributed by atoms with Crippen molar-refractivity contribution in [1.29, 1.82) is 0 Å². The Bertz CT molecular complexity index is 1100. The number of amides is 1. The lowest BCUT2D eigenvalue weighted by Gasteiger charge is -2.31. The molecule has 0 spiro atoms. The van der Waals surface area contributed by atoms with E-state index in [4.69, 9.17) is 0 Å². The van der Waals surface area contributed by atoms with Gasteiger partial charge in [0, 0.05) is 25.5 Å². The van der Waals surface area contributed by atoms with Gasteiger partial charge in [-0.15, -0.1) is 0 Å². The van der Waals surface area contributed by atoms with Crippen LogP contribution in [-0.2, 0) is 17.8 Å². The Labute approximate surface area is 195 Å². The highest BCUT2D eigenvalue weighted by molar-refractivity contribution is 5.98. The molecule has 2 N–H and O–H groups in total. The van der Waals surface area contributed by atoms with Crippen LogP contribution in [0.2, 0.25) is 0 Å². The summed E-state index contributed by atoms with van der Waals surface area (Å²) in [6.07, 6.45) is 1.86. The molecule has 5 heteroatoms. The maximum Gasteiger partial charge on any atom is 0.234 e. The number of rotatable bonds is 6. The van der Waals surface area contributed by atoms with Gasteiger partial charge in [-0.3, -0.25) is 4.79 Å². The number of phenols is 1. The van der Waals surface area contributed by atoms with Crippen molar-refractivity contribution >= 4 is 17.3 Å². The first kappa shape index (κ1) is 22.9. The first-order chi connectivity index (χ1) is 15.8. The van der Waals surface area contributed by atoms with Crippen molar-refractivity contribution in [1.82, 2.24) is 0 Å². The molecule has 33 heavy (non-hydrogen) atoms. The number of aliphatic hydroxyl groups is 1. The molecule has 1 aliphatic rings. The lowest BCUT2D eigenvalue weighted by Crippen LogP contribution is -2.36. The van der Waals surface area contributed by atoms with Crippen LogP contribution in [0.3, 0.4) is 0 Å². The van der Waals surface area contributed by atoms with Gasteiger partial charge < -0.3 is 20.0 Å². The molecule has 0 fully saturated rings. The quantitative estimate of drug-likeness (QED) is 0.551. The van der Waals surface area contributed by atoms with E-state index in [0.717, 1.165) is 52.9 Å². The zero-order valence-electron chi connectivity index (χ0n) is 19.5. The first-order valence-corrected chi connectivity index (χ1v) is 11.5. The number of aromatic hydroxyl groups is 1. The van der Waals surface area contributed by atoms with Crippen LogP contribution in [0.25, 0.3) is 0 Å². The van der Waals surface area contributed by atoms with Crippen LogP contribution in [0.4, 0.5) is 11.4 Å². The molecular weight excluding hydrogens is 412 g/mol. The largest absolute Gasteiger partial charge is 0.508 e. The van der Waals surface area contributed by atoms with E-state index in [1.54, 1.807) is 13.0 Å². The highest BCUT2D eigenvalue weighted by Crippen LogP contribution is 2.38. The summed E-state index contributed by atoms with van der Waals surface area (Å²) in [5.74, 6) is 0.0125. The molecule has 1 amide bonds. The van der Waals surface area contributed by atoms with Gasteiger partial charge >= 0.3 is 0 Å². The van der Waals surface area contributed by atoms with Gasteiger partial charge in [0.2, 0.25) is 5.91 Å². The number of hydrogen-bond acceptors (Lipinski definition) is 4. The molecule has 0 bridgehead atoms. The zero-order chi connectivity index (χ0) is 23.5. The topological polar surface area (TPSA) is 64.0 Å². The van der Waals surface area contributed by atoms with Gasteiger partial charge in [-0.2, -0.15) is 0 Å². The predicted octanol–water partition coefficient (Wildman–Crippen LogP) is 5.16. The molecule has 0 radical (unpaired) electrons. The standard InChI is InChI=1S/C28H32N2O3/c1-19(31)21-12-16-23(17-13-21)30(18-20-10-14-22(15-11-20)29(2)3)28(33)26-8-4-7-25-24(26)6-5-9-27(25)32/h5-6,9-17,19,26,31-32H,4,7-8,18H2,1-3H3. The Balaban J connectivity index is 1.69. The molecule has 2 atom stereocenters. The van der Waals surface area contributed by atoms with Gasteiger partial charge in [0.1, 0.15) is 5.75 Å². The average molecular weight is 445 g/mol. The van der Waals surface area contributed by atoms with Crippen LogP contribution in [-0.4, -0.2) is 30.2 Å². The lowest BCUT2D eigenvalue weighted by atomic mass is 9.81. The second kappa shape index (κ2) is 9.67. The van der Waals surface area contributed by atoms with Gasteiger partial charge in [0.15, 0.2) is 0 Å². The number of phenolic OH excluding ortho intramolecular Hbond substituents is 1. The van der Waals surface area contributed by atoms with Crippen molar-refractivity contribution in [2.45, 2.75) is 44.8 Å². The fourth-order valence-electron chi connectivity index (χ4n) is 4.59. The van der Waals surface area contributed by atoms with Gasteiger partial charge in [-0.05, 0) is 78.8 Å². The SMILES string of the molecule is CC(O)c1ccc(N(Cc2ccc(N(C)C)cc2)C(=O)C2CCCc3c(O)cccc32)cc1. The van der Waals surface area contributed by atoms with Crippen molar-refractivity contribution in [2.24, 2.45) is 0 Å². The number of carbonyl (C=O) groups excluding carboxylic acids is 1. The van der Waals surface area contributed by atoms with Gasteiger partial charge in [0.05, 0.1) is 18.6 Å². The molecule has 4 rings (SSSR count). The average Bonchev–Trinajstić information content (AvgIpc) is 2.82. The smallest absolute Gasteiger partial charge is 0.234 e. The molecule has 0 saturated heterocycles. The van der Waals surface area contributed by atoms with Gasteiger partial charge in [-0.1, -0.05) is 36.4 Å². The normalized spacial score (nSPS) is 16.1. The van der Waals surface area contributed by atoms with E-state index >= 15 is 0 Å². The van der Waals surface area contributed by atoms with E-state index in [9.17, 15) is 15.0 Å². The fourth-order valence-corrected chi connectivity index (χ4v) is 4.59. The van der Waals surface area contributed by atoms with Crippen LogP contribution in [0, 0.1) is 0 Å². The van der Waals surface area contributed by atoms with Crippen molar-refractivity contribution in [3.05, 3.63) is 89.0 Å². The second-order valence-corrected chi connectivity index (χ2v) is 9.04. The van der Waals surface area contributed by atoms with Crippen molar-refractivity contribution in [2.75, 3.05) is 23.9 Å². The third-order valence-corrected chi connectivity index (χ3v) is 6.53. The Morgan fingerprint density at radius 3 is 2.30 bits per heavy atom. The Kier molecular flexibility index (Phi) is 6.70. The maximum absolute atomic E-state index is 14.0. The molecule has 2 unspecified atom stereocenters. The number of fused-ring (bicyclic) bond motifs is 1. The Hall–Kier alpha value is -3.31. The molecule has 3 aromatic carbocycles. The molecule has 1 aliphatic carbocycles. The first-order valence-electron chi connectivity index (χ1n) is 11.5. The van der Waals surface area contributed by atoms with Crippen molar-refractivity contribution in [3.8, 4) is 5.75 Å². The predicted molar refractivity (Wildman–Crippen MR) is 133 cm³/mol. The number of carbonyl (C=O) groups is 1. The summed E-state index contributed by atoms with van der Waals surface area (Å²) >= 11 is 0. The Morgan fingerprint density at radius 1 is 1.00 bits per heavy atom. The van der Waals surface area contributed by atoms with Crippen LogP contribution < -0.4 is 9.80 Å². The molecule has 0 aromatic heterocycles. The summed E-state index contributed by atoms with van der Waals surface area (Å²) in [5.41, 5.74) is 5.58. The molecule has 0 aliphatic heterocycles. The third-order valence-electron chi connectivity index (χ3n) is 6.53. The number of benzene rings is 3. The van der Waals surface area contributed by atoms with Gasteiger partial charge in [-0.25, -0.2) is 0 Å². The zero-order valence-corrected chi connectivity index (χ0v) is 19.5. The maximum atomic E-state index is 14.0. The van der Waals surface area contributed by atoms with Crippen LogP contribution in [0.15, 0.2) is 66.7 Å². The number of hydrogen-bond donors (Lipinski definition) is 2. The monoisotopic (exact) mass is 444 g/mol. The number of aliphatic hydroxyl groups excluding tert-OH is 1.